The molecule has 2 N–H and O–H groups in total. The number of halogens is 1. The monoisotopic (exact) mass is 1010 g/mol. The first-order valence-corrected chi connectivity index (χ1v) is 24.7. The summed E-state index contributed by atoms with van der Waals surface area (Å²) in [4.78, 5) is 48.4. The van der Waals surface area contributed by atoms with Crippen LogP contribution in [0.3, 0.4) is 0 Å². The number of ether oxygens (including phenoxy) is 3. The van der Waals surface area contributed by atoms with Crippen LogP contribution in [0.5, 0.6) is 0 Å². The van der Waals surface area contributed by atoms with Gasteiger partial charge >= 0.3 is 5.97 Å². The highest BCUT2D eigenvalue weighted by Crippen LogP contribution is 2.36. The van der Waals surface area contributed by atoms with Gasteiger partial charge < -0.3 is 19.5 Å². The van der Waals surface area contributed by atoms with Gasteiger partial charge in [-0.15, -0.1) is 10.2 Å². The number of hydrogen-bond acceptors (Lipinski definition) is 14. The topological polar surface area (TPSA) is 223 Å². The molecule has 2 aliphatic rings. The van der Waals surface area contributed by atoms with Gasteiger partial charge in [0, 0.05) is 47.4 Å². The van der Waals surface area contributed by atoms with E-state index in [1.807, 2.05) is 51.1 Å². The first-order valence-electron chi connectivity index (χ1n) is 22.1. The van der Waals surface area contributed by atoms with Gasteiger partial charge in [0.1, 0.15) is 22.7 Å². The first kappa shape index (κ1) is 49.1. The van der Waals surface area contributed by atoms with Gasteiger partial charge in [-0.05, 0) is 160 Å². The van der Waals surface area contributed by atoms with Crippen molar-refractivity contribution in [3.05, 3.63) is 79.9 Å². The van der Waals surface area contributed by atoms with Crippen molar-refractivity contribution in [2.45, 2.75) is 122 Å². The molecule has 4 aromatic rings. The average Bonchev–Trinajstić information content (AvgIpc) is 3.25. The number of nitrogens with one attached hydrogen (secondary N) is 1. The van der Waals surface area contributed by atoms with Gasteiger partial charge in [-0.2, -0.15) is 18.6 Å². The highest BCUT2D eigenvalue weighted by atomic mass is 125. The van der Waals surface area contributed by atoms with E-state index < -0.39 is 45.1 Å². The summed E-state index contributed by atoms with van der Waals surface area (Å²) in [6.07, 6.45) is 9.32. The van der Waals surface area contributed by atoms with Crippen LogP contribution in [0, 0.1) is 22.8 Å². The van der Waals surface area contributed by atoms with Crippen LogP contribution in [-0.2, 0) is 64.4 Å². The number of ketones is 1. The molecule has 0 saturated heterocycles. The highest BCUT2D eigenvalue weighted by molar-refractivity contribution is 14.1. The second kappa shape index (κ2) is 23.2. The molecule has 6 rings (SSSR count). The van der Waals surface area contributed by atoms with Gasteiger partial charge in [0.25, 0.3) is 10.1 Å². The molecule has 16 nitrogen and oxygen atoms in total. The molecule has 0 saturated carbocycles. The lowest BCUT2D eigenvalue weighted by Gasteiger charge is -2.31. The minimum absolute atomic E-state index is 0.0107. The van der Waals surface area contributed by atoms with Crippen molar-refractivity contribution >= 4 is 50.4 Å². The van der Waals surface area contributed by atoms with E-state index >= 15 is 0 Å². The summed E-state index contributed by atoms with van der Waals surface area (Å²) in [5.74, 6) is -1.33. The minimum atomic E-state index is -4.77. The lowest BCUT2D eigenvalue weighted by Crippen LogP contribution is -2.41. The Morgan fingerprint density at radius 2 is 1.50 bits per heavy atom. The summed E-state index contributed by atoms with van der Waals surface area (Å²) >= 11 is 2.21. The van der Waals surface area contributed by atoms with E-state index in [1.165, 1.54) is 11.1 Å². The summed E-state index contributed by atoms with van der Waals surface area (Å²) < 4.78 is 52.5. The number of fused-ring (bicyclic) bond motifs is 2. The third-order valence-electron chi connectivity index (χ3n) is 12.2. The van der Waals surface area contributed by atoms with Gasteiger partial charge in [0.2, 0.25) is 5.91 Å². The molecule has 0 bridgehead atoms. The summed E-state index contributed by atoms with van der Waals surface area (Å²) in [6, 6.07) is 9.49. The van der Waals surface area contributed by atoms with Gasteiger partial charge in [-0.1, -0.05) is 13.0 Å². The van der Waals surface area contributed by atoms with Crippen LogP contribution < -0.4 is 5.32 Å². The smallest absolute Gasteiger partial charge is 0.306 e. The second-order valence-corrected chi connectivity index (χ2v) is 19.7. The van der Waals surface area contributed by atoms with Crippen molar-refractivity contribution in [3.63, 3.8) is 0 Å². The maximum absolute atomic E-state index is 13.2. The normalized spacial score (nSPS) is 18.3. The zero-order valence-electron chi connectivity index (χ0n) is 36.8. The van der Waals surface area contributed by atoms with E-state index in [4.69, 9.17) is 14.2 Å². The number of nitrogens with zero attached hydrogens (tertiary/aromatic N) is 6. The third-order valence-corrected chi connectivity index (χ3v) is 14.0. The Kier molecular flexibility index (Phi) is 17.8. The van der Waals surface area contributed by atoms with Crippen LogP contribution in [0.1, 0.15) is 105 Å². The van der Waals surface area contributed by atoms with Crippen LogP contribution in [0.4, 0.5) is 0 Å². The molecule has 64 heavy (non-hydrogen) atoms. The predicted molar refractivity (Wildman–Crippen MR) is 247 cm³/mol. The van der Waals surface area contributed by atoms with Crippen molar-refractivity contribution in [1.29, 1.82) is 0 Å². The Balaban J connectivity index is 0.893. The van der Waals surface area contributed by atoms with Crippen molar-refractivity contribution in [2.24, 2.45) is 5.41 Å². The zero-order valence-corrected chi connectivity index (χ0v) is 39.8. The number of hydrogen-bond donors (Lipinski definition) is 2. The molecule has 0 spiro atoms. The molecular formula is C46H58IN7O9S. The molecule has 18 heteroatoms. The zero-order chi connectivity index (χ0) is 45.7. The Bertz CT molecular complexity index is 2360. The number of aromatic nitrogens is 6. The second-order valence-electron chi connectivity index (χ2n) is 16.8. The van der Waals surface area contributed by atoms with Crippen LogP contribution in [-0.4, -0.2) is 105 Å². The molecule has 2 unspecified atom stereocenters. The molecule has 0 aliphatic heterocycles. The standard InChI is InChI=1S/C46H58IN7O9S/c1-30-34-11-7-21-46(3,22-20-35(34)31(2)52-51-30)45(57)49-24-26-62-28-27-61-25-8-13-40(55)41(64(58,59)60)18-19-42(56)63-33-9-6-10-36-37(16-15-33)44(38-12-4-5-23-48-38)54-53-43(36)39-17-14-32(47)29-50-39/h4-5,12,14,17,23,29,33,41H,6-11,13,15-16,18-22,24-28H2,1-3H3,(H,49,57)(H,58,59,60)/t33?,41?,46-/m0/s1/i47-2. The highest BCUT2D eigenvalue weighted by Gasteiger charge is 2.35. The summed E-state index contributed by atoms with van der Waals surface area (Å²) in [7, 11) is -4.77. The number of rotatable bonds is 19. The Morgan fingerprint density at radius 3 is 2.19 bits per heavy atom. The maximum atomic E-state index is 13.2. The molecular weight excluding hydrogens is 952 g/mol. The van der Waals surface area contributed by atoms with Crippen molar-refractivity contribution in [1.82, 2.24) is 35.7 Å². The number of carbonyl (C=O) groups excluding carboxylic acids is 3. The van der Waals surface area contributed by atoms with Crippen molar-refractivity contribution in [3.8, 4) is 22.8 Å². The number of Topliss-reactive ketones (excluding diaryl/α,β-unsaturated/α-hetero) is 1. The Hall–Kier alpha value is -4.37. The Morgan fingerprint density at radius 1 is 0.812 bits per heavy atom. The molecule has 344 valence electrons. The lowest BCUT2D eigenvalue weighted by molar-refractivity contribution is -0.150. The fourth-order valence-electron chi connectivity index (χ4n) is 8.58. The van der Waals surface area contributed by atoms with Crippen LogP contribution in [0.15, 0.2) is 42.7 Å². The van der Waals surface area contributed by atoms with Gasteiger partial charge in [0.15, 0.2) is 5.78 Å². The summed E-state index contributed by atoms with van der Waals surface area (Å²) in [5.41, 5.74) is 8.65. The van der Waals surface area contributed by atoms with Crippen LogP contribution >= 0.6 is 22.6 Å². The molecule has 0 aromatic carbocycles. The summed E-state index contributed by atoms with van der Waals surface area (Å²) in [6.45, 7) is 7.33. The van der Waals surface area contributed by atoms with E-state index in [0.29, 0.717) is 62.3 Å². The van der Waals surface area contributed by atoms with Crippen LogP contribution in [0.25, 0.3) is 22.8 Å². The lowest BCUT2D eigenvalue weighted by atomic mass is 9.75. The van der Waals surface area contributed by atoms with Gasteiger partial charge in [-0.3, -0.25) is 28.9 Å². The molecule has 1 amide bonds. The number of esters is 1. The van der Waals surface area contributed by atoms with E-state index in [-0.39, 0.29) is 45.0 Å². The Labute approximate surface area is 388 Å². The fraction of sp³-hybridized carbons (Fsp3) is 0.543. The van der Waals surface area contributed by atoms with Crippen LogP contribution in [0.2, 0.25) is 0 Å². The number of aryl methyl sites for hydroxylation is 2. The molecule has 2 aliphatic carbocycles. The molecule has 0 radical (unpaired) electrons. The quantitative estimate of drug-likeness (QED) is 0.0455. The van der Waals surface area contributed by atoms with E-state index in [9.17, 15) is 27.4 Å². The first-order chi connectivity index (χ1) is 30.7. The number of pyridine rings is 2. The van der Waals surface area contributed by atoms with Crippen molar-refractivity contribution in [2.75, 3.05) is 33.0 Å². The minimum Gasteiger partial charge on any atom is -0.462 e. The van der Waals surface area contributed by atoms with Gasteiger partial charge in [-0.25, -0.2) is 0 Å². The predicted octanol–water partition coefficient (Wildman–Crippen LogP) is 6.30. The fourth-order valence-corrected chi connectivity index (χ4v) is 9.77. The van der Waals surface area contributed by atoms with E-state index in [0.717, 1.165) is 63.9 Å². The largest absolute Gasteiger partial charge is 0.462 e. The molecule has 4 aromatic heterocycles. The van der Waals surface area contributed by atoms with E-state index in [2.05, 4.69) is 58.3 Å². The van der Waals surface area contributed by atoms with Crippen molar-refractivity contribution < 1.29 is 41.6 Å². The maximum Gasteiger partial charge on any atom is 0.306 e. The number of amides is 1. The molecule has 4 heterocycles. The van der Waals surface area contributed by atoms with Gasteiger partial charge in [0.05, 0.1) is 42.6 Å². The molecule has 3 atom stereocenters. The van der Waals surface area contributed by atoms with E-state index in [1.54, 1.807) is 12.4 Å². The summed E-state index contributed by atoms with van der Waals surface area (Å²) in [5, 5.41) is 19.0. The SMILES string of the molecule is Cc1nnc(C)c2c1CCC[C@](C)(C(=O)NCCOCCOCCCC(=O)C(CCC(=O)OC1CCCc3c(-c4ccc([125I])cn4)nnc(-c4ccccn4)c3CC1)S(=O)(=O)O)CC2. The molecule has 0 fully saturated rings. The third kappa shape index (κ3) is 13.4. The number of carbonyl (C=O) groups is 3. The average molecular weight is 1010 g/mol.